The van der Waals surface area contributed by atoms with E-state index < -0.39 is 0 Å². The maximum Gasteiger partial charge on any atom is 0.227 e. The highest BCUT2D eigenvalue weighted by molar-refractivity contribution is 5.46. The van der Waals surface area contributed by atoms with Crippen LogP contribution in [-0.4, -0.2) is 54.2 Å². The molecule has 0 N–H and O–H groups in total. The van der Waals surface area contributed by atoms with Gasteiger partial charge in [-0.15, -0.1) is 0 Å². The van der Waals surface area contributed by atoms with Crippen molar-refractivity contribution in [1.82, 2.24) is 15.0 Å². The minimum atomic E-state index is 0.857. The van der Waals surface area contributed by atoms with Crippen LogP contribution < -0.4 is 14.7 Å². The van der Waals surface area contributed by atoms with Gasteiger partial charge in [0.05, 0.1) is 0 Å². The van der Waals surface area contributed by atoms with Gasteiger partial charge in [-0.1, -0.05) is 6.07 Å². The van der Waals surface area contributed by atoms with Crippen molar-refractivity contribution in [3.05, 3.63) is 36.7 Å². The molecule has 0 unspecified atom stereocenters. The highest BCUT2D eigenvalue weighted by Crippen LogP contribution is 2.21. The number of anilines is 3. The first-order valence-electron chi connectivity index (χ1n) is 8.39. The molecular formula is C17H22N6. The van der Waals surface area contributed by atoms with E-state index in [1.165, 1.54) is 12.8 Å². The van der Waals surface area contributed by atoms with E-state index >= 15 is 0 Å². The smallest absolute Gasteiger partial charge is 0.227 e. The van der Waals surface area contributed by atoms with Crippen LogP contribution in [0.5, 0.6) is 0 Å². The third-order valence-corrected chi connectivity index (χ3v) is 4.59. The lowest BCUT2D eigenvalue weighted by molar-refractivity contribution is 0.634. The SMILES string of the molecule is c1ccc(N2CCN(c3nccc(N4CCCC4)n3)CC2)nc1. The third kappa shape index (κ3) is 3.06. The van der Waals surface area contributed by atoms with Gasteiger partial charge in [-0.05, 0) is 31.0 Å². The van der Waals surface area contributed by atoms with Crippen molar-refractivity contribution in [3.8, 4) is 0 Å². The molecule has 6 heteroatoms. The summed E-state index contributed by atoms with van der Waals surface area (Å²) in [6, 6.07) is 8.09. The summed E-state index contributed by atoms with van der Waals surface area (Å²) in [7, 11) is 0. The van der Waals surface area contributed by atoms with Gasteiger partial charge >= 0.3 is 0 Å². The molecular weight excluding hydrogens is 288 g/mol. The number of pyridine rings is 1. The minimum absolute atomic E-state index is 0.857. The van der Waals surface area contributed by atoms with Gasteiger partial charge in [-0.2, -0.15) is 4.98 Å². The summed E-state index contributed by atoms with van der Waals surface area (Å²) in [6.45, 7) is 6.00. The number of hydrogen-bond acceptors (Lipinski definition) is 6. The maximum absolute atomic E-state index is 4.78. The van der Waals surface area contributed by atoms with Crippen molar-refractivity contribution in [2.45, 2.75) is 12.8 Å². The molecule has 0 bridgehead atoms. The third-order valence-electron chi connectivity index (χ3n) is 4.59. The quantitative estimate of drug-likeness (QED) is 0.861. The van der Waals surface area contributed by atoms with Crippen LogP contribution >= 0.6 is 0 Å². The van der Waals surface area contributed by atoms with Gasteiger partial charge in [0, 0.05) is 51.7 Å². The lowest BCUT2D eigenvalue weighted by atomic mass is 10.3. The number of piperazine rings is 1. The Morgan fingerprint density at radius 3 is 2.13 bits per heavy atom. The summed E-state index contributed by atoms with van der Waals surface area (Å²) < 4.78 is 0. The van der Waals surface area contributed by atoms with Crippen molar-refractivity contribution in [2.24, 2.45) is 0 Å². The molecule has 0 atom stereocenters. The number of rotatable bonds is 3. The molecule has 2 saturated heterocycles. The Hall–Kier alpha value is -2.37. The van der Waals surface area contributed by atoms with E-state index in [-0.39, 0.29) is 0 Å². The van der Waals surface area contributed by atoms with E-state index in [2.05, 4.69) is 30.7 Å². The molecule has 2 aromatic rings. The van der Waals surface area contributed by atoms with E-state index in [9.17, 15) is 0 Å². The Morgan fingerprint density at radius 1 is 0.652 bits per heavy atom. The fraction of sp³-hybridized carbons (Fsp3) is 0.471. The molecule has 0 radical (unpaired) electrons. The second-order valence-corrected chi connectivity index (χ2v) is 6.07. The van der Waals surface area contributed by atoms with Gasteiger partial charge < -0.3 is 14.7 Å². The first-order chi connectivity index (χ1) is 11.4. The van der Waals surface area contributed by atoms with Gasteiger partial charge in [0.15, 0.2) is 0 Å². The van der Waals surface area contributed by atoms with Crippen LogP contribution in [0.15, 0.2) is 36.7 Å². The van der Waals surface area contributed by atoms with Gasteiger partial charge in [-0.3, -0.25) is 0 Å². The Kier molecular flexibility index (Phi) is 3.96. The number of hydrogen-bond donors (Lipinski definition) is 0. The molecule has 0 aliphatic carbocycles. The Morgan fingerprint density at radius 2 is 1.39 bits per heavy atom. The van der Waals surface area contributed by atoms with Gasteiger partial charge in [-0.25, -0.2) is 9.97 Å². The number of aromatic nitrogens is 3. The molecule has 2 fully saturated rings. The Bertz CT molecular complexity index is 633. The summed E-state index contributed by atoms with van der Waals surface area (Å²) >= 11 is 0. The summed E-state index contributed by atoms with van der Waals surface area (Å²) in [5, 5.41) is 0. The zero-order valence-corrected chi connectivity index (χ0v) is 13.3. The largest absolute Gasteiger partial charge is 0.356 e. The monoisotopic (exact) mass is 310 g/mol. The Labute approximate surface area is 136 Å². The van der Waals surface area contributed by atoms with E-state index in [1.54, 1.807) is 0 Å². The van der Waals surface area contributed by atoms with E-state index in [0.717, 1.165) is 56.9 Å². The predicted molar refractivity (Wildman–Crippen MR) is 92.1 cm³/mol. The zero-order chi connectivity index (χ0) is 15.5. The zero-order valence-electron chi connectivity index (χ0n) is 13.3. The van der Waals surface area contributed by atoms with Crippen molar-refractivity contribution >= 4 is 17.6 Å². The molecule has 0 aromatic carbocycles. The summed E-state index contributed by atoms with van der Waals surface area (Å²) in [5.74, 6) is 2.98. The van der Waals surface area contributed by atoms with Gasteiger partial charge in [0.25, 0.3) is 0 Å². The molecule has 2 aromatic heterocycles. The van der Waals surface area contributed by atoms with Crippen molar-refractivity contribution in [3.63, 3.8) is 0 Å². The molecule has 2 aliphatic heterocycles. The minimum Gasteiger partial charge on any atom is -0.356 e. The topological polar surface area (TPSA) is 48.4 Å². The fourth-order valence-electron chi connectivity index (χ4n) is 3.29. The molecule has 4 rings (SSSR count). The molecule has 0 saturated carbocycles. The highest BCUT2D eigenvalue weighted by Gasteiger charge is 2.21. The van der Waals surface area contributed by atoms with Crippen LogP contribution in [0, 0.1) is 0 Å². The first-order valence-corrected chi connectivity index (χ1v) is 8.39. The van der Waals surface area contributed by atoms with Crippen molar-refractivity contribution < 1.29 is 0 Å². The summed E-state index contributed by atoms with van der Waals surface area (Å²) in [6.07, 6.45) is 6.27. The highest BCUT2D eigenvalue weighted by atomic mass is 15.3. The van der Waals surface area contributed by atoms with E-state index in [0.29, 0.717) is 0 Å². The summed E-state index contributed by atoms with van der Waals surface area (Å²) in [4.78, 5) is 20.7. The fourth-order valence-corrected chi connectivity index (χ4v) is 3.29. The predicted octanol–water partition coefficient (Wildman–Crippen LogP) is 1.80. The molecule has 0 amide bonds. The summed E-state index contributed by atoms with van der Waals surface area (Å²) in [5.41, 5.74) is 0. The standard InChI is InChI=1S/C17H22N6/c1-2-7-18-15(5-1)22-11-13-23(14-12-22)17-19-8-6-16(20-17)21-9-3-4-10-21/h1-2,5-8H,3-4,9-14H2. The molecule has 120 valence electrons. The lowest BCUT2D eigenvalue weighted by Crippen LogP contribution is -2.47. The van der Waals surface area contributed by atoms with Crippen LogP contribution in [0.4, 0.5) is 17.6 Å². The molecule has 2 aliphatic rings. The molecule has 23 heavy (non-hydrogen) atoms. The normalized spacial score (nSPS) is 18.5. The second-order valence-electron chi connectivity index (χ2n) is 6.07. The molecule has 0 spiro atoms. The average Bonchev–Trinajstić information content (AvgIpc) is 3.18. The van der Waals surface area contributed by atoms with Crippen molar-refractivity contribution in [2.75, 3.05) is 54.0 Å². The Balaban J connectivity index is 1.43. The second kappa shape index (κ2) is 6.40. The van der Waals surface area contributed by atoms with E-state index in [4.69, 9.17) is 4.98 Å². The van der Waals surface area contributed by atoms with Crippen LogP contribution in [0.25, 0.3) is 0 Å². The first kappa shape index (κ1) is 14.2. The van der Waals surface area contributed by atoms with Crippen molar-refractivity contribution in [1.29, 1.82) is 0 Å². The van der Waals surface area contributed by atoms with Crippen LogP contribution in [0.2, 0.25) is 0 Å². The van der Waals surface area contributed by atoms with Crippen LogP contribution in [0.1, 0.15) is 12.8 Å². The average molecular weight is 310 g/mol. The lowest BCUT2D eigenvalue weighted by Gasteiger charge is -2.35. The number of nitrogens with zero attached hydrogens (tertiary/aromatic N) is 6. The molecule has 6 nitrogen and oxygen atoms in total. The van der Waals surface area contributed by atoms with Gasteiger partial charge in [0.1, 0.15) is 11.6 Å². The van der Waals surface area contributed by atoms with Crippen LogP contribution in [0.3, 0.4) is 0 Å². The molecule has 4 heterocycles. The maximum atomic E-state index is 4.78. The van der Waals surface area contributed by atoms with E-state index in [1.807, 2.05) is 30.6 Å². The van der Waals surface area contributed by atoms with Crippen LogP contribution in [-0.2, 0) is 0 Å². The van der Waals surface area contributed by atoms with Gasteiger partial charge in [0.2, 0.25) is 5.95 Å².